The third kappa shape index (κ3) is 17.3. The molecular weight excluding hydrogens is 1230 g/mol. The predicted octanol–water partition coefficient (Wildman–Crippen LogP) is 6.76. The molecule has 0 saturated carbocycles. The summed E-state index contributed by atoms with van der Waals surface area (Å²) >= 11 is 0. The molecule has 7 N–H and O–H groups in total. The molecule has 3 fully saturated rings. The highest BCUT2D eigenvalue weighted by Gasteiger charge is 2.57. The van der Waals surface area contributed by atoms with E-state index < -0.39 is 147 Å². The number of ether oxygens (including phenoxy) is 4. The van der Waals surface area contributed by atoms with Crippen molar-refractivity contribution in [1.29, 1.82) is 0 Å². The Hall–Kier alpha value is -7.80. The summed E-state index contributed by atoms with van der Waals surface area (Å²) in [6.45, 7) is -2.79. The number of hydrogen-bond acceptors (Lipinski definition) is 16. The summed E-state index contributed by atoms with van der Waals surface area (Å²) in [5.41, 5.74) is -5.67. The molecule has 6 atom stereocenters. The van der Waals surface area contributed by atoms with Crippen LogP contribution in [0.3, 0.4) is 0 Å². The molecule has 3 aliphatic heterocycles. The number of fused-ring (bicyclic) bond motifs is 2. The highest BCUT2D eigenvalue weighted by Crippen LogP contribution is 2.43. The second kappa shape index (κ2) is 27.9. The number of anilines is 1. The Morgan fingerprint density at radius 1 is 0.820 bits per heavy atom. The van der Waals surface area contributed by atoms with Gasteiger partial charge in [-0.25, -0.2) is 46.9 Å². The van der Waals surface area contributed by atoms with Gasteiger partial charge < -0.3 is 54.7 Å². The van der Waals surface area contributed by atoms with E-state index in [9.17, 15) is 78.6 Å². The molecule has 0 spiro atoms. The van der Waals surface area contributed by atoms with Crippen molar-refractivity contribution in [2.75, 3.05) is 51.7 Å². The van der Waals surface area contributed by atoms with E-state index in [1.807, 2.05) is 11.5 Å². The molecule has 2 aromatic carbocycles. The molecule has 0 aliphatic carbocycles. The number of halogens is 10. The number of hydrogen-bond donors (Lipinski definition) is 7. The summed E-state index contributed by atoms with van der Waals surface area (Å²) in [4.78, 5) is 94.6. The molecule has 35 heteroatoms. The molecule has 2 aromatic heterocycles. The summed E-state index contributed by atoms with van der Waals surface area (Å²) in [5, 5.41) is 18.9. The maximum Gasteiger partial charge on any atom is 0.510 e. The number of alkyl carbamates (subject to hydrolysis) is 1. The van der Waals surface area contributed by atoms with Gasteiger partial charge in [0.1, 0.15) is 35.6 Å². The maximum absolute atomic E-state index is 16.3. The van der Waals surface area contributed by atoms with Gasteiger partial charge in [-0.1, -0.05) is 24.0 Å². The Bertz CT molecular complexity index is 3270. The van der Waals surface area contributed by atoms with Crippen molar-refractivity contribution in [3.05, 3.63) is 101 Å². The van der Waals surface area contributed by atoms with Crippen LogP contribution < -0.4 is 26.3 Å². The van der Waals surface area contributed by atoms with Gasteiger partial charge in [0.15, 0.2) is 0 Å². The zero-order valence-electron chi connectivity index (χ0n) is 47.8. The number of methoxy groups -OCH3 is 1. The van der Waals surface area contributed by atoms with Crippen molar-refractivity contribution in [1.82, 2.24) is 46.0 Å². The number of rotatable bonds is 23. The molecule has 24 nitrogen and oxygen atoms in total. The fraction of sp³-hybridized carbons (Fsp3) is 0.500. The van der Waals surface area contributed by atoms with Gasteiger partial charge in [0.25, 0.3) is 5.91 Å². The molecule has 3 aliphatic rings. The molecule has 5 heterocycles. The van der Waals surface area contributed by atoms with Gasteiger partial charge in [-0.15, -0.1) is 0 Å². The summed E-state index contributed by atoms with van der Waals surface area (Å²) in [5.74, 6) is -0.108. The summed E-state index contributed by atoms with van der Waals surface area (Å²) in [6.07, 6.45) is -15.2. The number of nitrogens with zero attached hydrogens (tertiary/aromatic N) is 6. The Morgan fingerprint density at radius 3 is 1.91 bits per heavy atom. The van der Waals surface area contributed by atoms with Crippen LogP contribution in [-0.2, 0) is 50.6 Å². The van der Waals surface area contributed by atoms with Gasteiger partial charge in [0, 0.05) is 66.4 Å². The highest BCUT2D eigenvalue weighted by atomic mass is 31.2. The van der Waals surface area contributed by atoms with Crippen LogP contribution in [0, 0.1) is 34.3 Å². The second-order valence-corrected chi connectivity index (χ2v) is 23.3. The first-order valence-electron chi connectivity index (χ1n) is 26.9. The number of benzene rings is 2. The van der Waals surface area contributed by atoms with E-state index in [-0.39, 0.29) is 10.2 Å². The number of carbonyl (C=O) groups excluding carboxylic acids is 4. The molecule has 486 valence electrons. The molecule has 4 amide bonds. The van der Waals surface area contributed by atoms with Gasteiger partial charge in [-0.3, -0.25) is 19.9 Å². The lowest BCUT2D eigenvalue weighted by molar-refractivity contribution is -0.221. The quantitative estimate of drug-likeness (QED) is 0.0101. The zero-order valence-corrected chi connectivity index (χ0v) is 48.7. The number of phosphoric acid groups is 1. The van der Waals surface area contributed by atoms with Crippen LogP contribution >= 0.6 is 7.82 Å². The van der Waals surface area contributed by atoms with Crippen LogP contribution in [0.15, 0.2) is 67.0 Å². The minimum absolute atomic E-state index is 0.0715. The number of carboxylic acid groups (broad SMARTS) is 1. The van der Waals surface area contributed by atoms with Gasteiger partial charge >= 0.3 is 45.1 Å². The smallest absolute Gasteiger partial charge is 0.465 e. The Kier molecular flexibility index (Phi) is 21.6. The average molecular weight is 1300 g/mol. The molecule has 89 heavy (non-hydrogen) atoms. The van der Waals surface area contributed by atoms with Gasteiger partial charge in [-0.2, -0.15) is 40.2 Å². The summed E-state index contributed by atoms with van der Waals surface area (Å²) < 4.78 is 183. The molecule has 2 bridgehead atoms. The standard InChI is InChI=1S/C54H61F10N10O14P/c1-51(2,53(59,60)61)43(67-48(77)78)45(75)66-40(18-30-9-6-29(7-10-30)8-11-31-12-15-42(65-21-31)71-22-33-13-14-34(23-71)74(33)35-26-85-27-35)41(88-50(80)86-28-87-89(81,82)83)25-72(70-46(76)44(68-49(79)84-5)52(3,4)54(62,63)64)24-36-37(55)19-32(20-38(36)56)39-16-17-73(69-39)47(57)58/h6-7,9-10,12,15-17,19-21,33-35,40-41,43-44,47,67H,13-14,18,22-28H2,1-5H3,(H,66,75)(H,68,79)(H,70,76)(H,77,78)(H2,81,82,83). The monoisotopic (exact) mass is 1290 g/mol. The summed E-state index contributed by atoms with van der Waals surface area (Å²) in [7, 11) is -4.72. The van der Waals surface area contributed by atoms with Crippen molar-refractivity contribution in [2.45, 2.75) is 115 Å². The predicted molar refractivity (Wildman–Crippen MR) is 288 cm³/mol. The topological polar surface area (TPSA) is 298 Å². The van der Waals surface area contributed by atoms with Crippen molar-refractivity contribution in [3.63, 3.8) is 0 Å². The number of piperazine rings is 1. The van der Waals surface area contributed by atoms with Crippen molar-refractivity contribution < 1.29 is 111 Å². The van der Waals surface area contributed by atoms with Crippen LogP contribution in [0.25, 0.3) is 11.3 Å². The maximum atomic E-state index is 16.3. The van der Waals surface area contributed by atoms with E-state index in [0.29, 0.717) is 94.4 Å². The first-order valence-corrected chi connectivity index (χ1v) is 28.4. The van der Waals surface area contributed by atoms with E-state index in [0.717, 1.165) is 44.0 Å². The van der Waals surface area contributed by atoms with Gasteiger partial charge in [-0.05, 0) is 95.0 Å². The minimum atomic E-state index is -5.43. The van der Waals surface area contributed by atoms with Gasteiger partial charge in [0.05, 0.1) is 55.5 Å². The molecule has 4 aromatic rings. The van der Waals surface area contributed by atoms with Crippen molar-refractivity contribution in [2.24, 2.45) is 10.8 Å². The number of phosphoric ester groups is 1. The average Bonchev–Trinajstić information content (AvgIpc) is 1.81. The Balaban J connectivity index is 1.28. The zero-order chi connectivity index (χ0) is 65.6. The molecule has 0 radical (unpaired) electrons. The fourth-order valence-electron chi connectivity index (χ4n) is 10.0. The number of amides is 4. The number of hydrazine groups is 1. The van der Waals surface area contributed by atoms with E-state index in [2.05, 4.69) is 51.0 Å². The van der Waals surface area contributed by atoms with E-state index in [1.54, 1.807) is 17.6 Å². The largest absolute Gasteiger partial charge is 0.510 e. The molecule has 6 unspecified atom stereocenters. The third-order valence-electron chi connectivity index (χ3n) is 15.2. The number of pyridine rings is 1. The lowest BCUT2D eigenvalue weighted by Crippen LogP contribution is -2.64. The van der Waals surface area contributed by atoms with Crippen LogP contribution in [0.4, 0.5) is 64.1 Å². The van der Waals surface area contributed by atoms with Crippen molar-refractivity contribution >= 4 is 43.8 Å². The van der Waals surface area contributed by atoms with Crippen LogP contribution in [0.2, 0.25) is 0 Å². The Morgan fingerprint density at radius 2 is 1.40 bits per heavy atom. The highest BCUT2D eigenvalue weighted by molar-refractivity contribution is 7.46. The number of aromatic nitrogens is 3. The van der Waals surface area contributed by atoms with Crippen LogP contribution in [0.1, 0.15) is 69.3 Å². The molecule has 7 rings (SSSR count). The van der Waals surface area contributed by atoms with E-state index in [4.69, 9.17) is 9.47 Å². The minimum Gasteiger partial charge on any atom is -0.465 e. The van der Waals surface area contributed by atoms with Crippen LogP contribution in [-0.4, -0.2) is 171 Å². The third-order valence-corrected chi connectivity index (χ3v) is 15.7. The fourth-order valence-corrected chi connectivity index (χ4v) is 10.2. The first-order chi connectivity index (χ1) is 41.5. The summed E-state index contributed by atoms with van der Waals surface area (Å²) in [6, 6.07) is 4.77. The number of alkyl halides is 8. The SMILES string of the molecule is COC(=O)NC(C(=O)NN(Cc1c(F)cc(-c2ccn(C(F)F)n2)cc1F)CC(OC(=O)OCOP(=O)(O)O)C(Cc1ccc(C#Cc2ccc(N3CC4CCC(C3)N4C3COC3)nc2)cc1)NC(=O)C(NC(=O)O)C(C)(C)C(F)(F)F)C(C)(C)C(F)(F)F. The number of nitrogens with one attached hydrogen (secondary N) is 4. The lowest BCUT2D eigenvalue weighted by atomic mass is 9.82. The van der Waals surface area contributed by atoms with Crippen LogP contribution in [0.5, 0.6) is 0 Å². The molecular formula is C54H61F10N10O14P. The normalized spacial score (nSPS) is 18.0. The van der Waals surface area contributed by atoms with Gasteiger partial charge in [0.2, 0.25) is 12.7 Å². The lowest BCUT2D eigenvalue weighted by Gasteiger charge is -2.47. The van der Waals surface area contributed by atoms with Crippen molar-refractivity contribution in [3.8, 4) is 23.1 Å². The van der Waals surface area contributed by atoms with E-state index in [1.165, 1.54) is 29.6 Å². The first kappa shape index (κ1) is 68.7. The number of carbonyl (C=O) groups is 5. The Labute approximate surface area is 500 Å². The second-order valence-electron chi connectivity index (χ2n) is 22.0. The van der Waals surface area contributed by atoms with E-state index >= 15 is 8.78 Å². The molecule has 3 saturated heterocycles.